The van der Waals surface area contributed by atoms with Gasteiger partial charge in [0.2, 0.25) is 0 Å². The van der Waals surface area contributed by atoms with Gasteiger partial charge in [0.05, 0.1) is 23.9 Å². The highest BCUT2D eigenvalue weighted by atomic mass is 16.5. The zero-order chi connectivity index (χ0) is 18.1. The van der Waals surface area contributed by atoms with Crippen LogP contribution >= 0.6 is 0 Å². The van der Waals surface area contributed by atoms with Crippen molar-refractivity contribution in [2.75, 3.05) is 11.9 Å². The summed E-state index contributed by atoms with van der Waals surface area (Å²) in [4.78, 5) is 24.4. The predicted octanol–water partition coefficient (Wildman–Crippen LogP) is 4.53. The van der Waals surface area contributed by atoms with Crippen LogP contribution in [0.5, 0.6) is 0 Å². The van der Waals surface area contributed by atoms with Gasteiger partial charge in [-0.1, -0.05) is 55.8 Å². The number of anilines is 1. The molecule has 0 aliphatic heterocycles. The number of hydrogen-bond donors (Lipinski definition) is 2. The molecule has 0 aliphatic rings. The average Bonchev–Trinajstić information content (AvgIpc) is 2.63. The third-order valence-electron chi connectivity index (χ3n) is 3.77. The molecule has 0 radical (unpaired) electrons. The van der Waals surface area contributed by atoms with Gasteiger partial charge >= 0.3 is 12.0 Å². The number of benzene rings is 2. The van der Waals surface area contributed by atoms with Crippen molar-refractivity contribution < 1.29 is 14.3 Å². The van der Waals surface area contributed by atoms with Gasteiger partial charge in [-0.05, 0) is 31.0 Å². The van der Waals surface area contributed by atoms with Gasteiger partial charge in [0.1, 0.15) is 0 Å². The summed E-state index contributed by atoms with van der Waals surface area (Å²) in [5.74, 6) is -0.430. The Labute approximate surface area is 148 Å². The number of carbonyl (C=O) groups excluding carboxylic acids is 2. The first-order valence-corrected chi connectivity index (χ1v) is 8.50. The van der Waals surface area contributed by atoms with E-state index in [1.807, 2.05) is 44.2 Å². The van der Waals surface area contributed by atoms with Crippen LogP contribution in [0.3, 0.4) is 0 Å². The fraction of sp³-hybridized carbons (Fsp3) is 0.300. The van der Waals surface area contributed by atoms with Crippen molar-refractivity contribution in [1.29, 1.82) is 0 Å². The third kappa shape index (κ3) is 5.64. The van der Waals surface area contributed by atoms with Crippen molar-refractivity contribution in [2.45, 2.75) is 32.7 Å². The number of hydrogen-bond acceptors (Lipinski definition) is 3. The van der Waals surface area contributed by atoms with E-state index in [9.17, 15) is 9.59 Å². The molecule has 5 heteroatoms. The highest BCUT2D eigenvalue weighted by molar-refractivity contribution is 6.00. The number of rotatable bonds is 7. The quantitative estimate of drug-likeness (QED) is 0.575. The van der Waals surface area contributed by atoms with Gasteiger partial charge in [0.25, 0.3) is 0 Å². The maximum atomic E-state index is 12.3. The summed E-state index contributed by atoms with van der Waals surface area (Å²) in [7, 11) is 0. The van der Waals surface area contributed by atoms with Crippen molar-refractivity contribution in [3.63, 3.8) is 0 Å². The molecule has 0 bridgehead atoms. The van der Waals surface area contributed by atoms with Crippen molar-refractivity contribution in [3.05, 3.63) is 65.7 Å². The van der Waals surface area contributed by atoms with E-state index in [0.717, 1.165) is 18.4 Å². The molecule has 2 rings (SSSR count). The summed E-state index contributed by atoms with van der Waals surface area (Å²) in [6.07, 6.45) is 1.77. The fourth-order valence-corrected chi connectivity index (χ4v) is 2.34. The van der Waals surface area contributed by atoms with E-state index in [2.05, 4.69) is 10.6 Å². The minimum Gasteiger partial charge on any atom is -0.462 e. The van der Waals surface area contributed by atoms with Crippen LogP contribution in [0.25, 0.3) is 0 Å². The molecule has 2 aromatic carbocycles. The van der Waals surface area contributed by atoms with Gasteiger partial charge < -0.3 is 15.4 Å². The Hall–Kier alpha value is -2.82. The zero-order valence-corrected chi connectivity index (χ0v) is 14.6. The monoisotopic (exact) mass is 340 g/mol. The van der Waals surface area contributed by atoms with Gasteiger partial charge in [-0.2, -0.15) is 0 Å². The van der Waals surface area contributed by atoms with Crippen LogP contribution in [-0.4, -0.2) is 18.6 Å². The zero-order valence-electron chi connectivity index (χ0n) is 14.6. The second-order valence-corrected chi connectivity index (χ2v) is 5.77. The first-order chi connectivity index (χ1) is 12.1. The molecule has 0 aliphatic carbocycles. The molecule has 1 unspecified atom stereocenters. The molecule has 0 fully saturated rings. The largest absolute Gasteiger partial charge is 0.462 e. The summed E-state index contributed by atoms with van der Waals surface area (Å²) in [5, 5.41) is 5.59. The van der Waals surface area contributed by atoms with Crippen molar-refractivity contribution >= 4 is 17.7 Å². The molecule has 2 N–H and O–H groups in total. The van der Waals surface area contributed by atoms with Gasteiger partial charge in [0.15, 0.2) is 0 Å². The van der Waals surface area contributed by atoms with Crippen LogP contribution in [0.2, 0.25) is 0 Å². The molecule has 2 amide bonds. The number of amides is 2. The van der Waals surface area contributed by atoms with Crippen molar-refractivity contribution in [1.82, 2.24) is 5.32 Å². The molecule has 5 nitrogen and oxygen atoms in total. The minimum absolute atomic E-state index is 0.148. The normalized spacial score (nSPS) is 11.4. The SMILES string of the molecule is CCCCOC(=O)c1ccccc1NC(=O)NC(C)c1ccccc1. The second-order valence-electron chi connectivity index (χ2n) is 5.77. The minimum atomic E-state index is -0.430. The molecule has 0 heterocycles. The van der Waals surface area contributed by atoms with Crippen LogP contribution < -0.4 is 10.6 Å². The van der Waals surface area contributed by atoms with E-state index >= 15 is 0 Å². The molecule has 0 saturated heterocycles. The summed E-state index contributed by atoms with van der Waals surface area (Å²) in [5.41, 5.74) is 1.78. The van der Waals surface area contributed by atoms with Crippen LogP contribution in [0.1, 0.15) is 48.7 Å². The Morgan fingerprint density at radius 1 is 1.04 bits per heavy atom. The Morgan fingerprint density at radius 3 is 2.44 bits per heavy atom. The second kappa shape index (κ2) is 9.47. The molecule has 0 aromatic heterocycles. The molecule has 0 spiro atoms. The van der Waals surface area contributed by atoms with Gasteiger partial charge in [0, 0.05) is 0 Å². The number of nitrogens with one attached hydrogen (secondary N) is 2. The van der Waals surface area contributed by atoms with E-state index in [1.165, 1.54) is 0 Å². The van der Waals surface area contributed by atoms with Gasteiger partial charge in [-0.3, -0.25) is 0 Å². The van der Waals surface area contributed by atoms with Crippen LogP contribution in [-0.2, 0) is 4.74 Å². The van der Waals surface area contributed by atoms with E-state index in [-0.39, 0.29) is 12.1 Å². The Kier molecular flexibility index (Phi) is 7.01. The van der Waals surface area contributed by atoms with Crippen LogP contribution in [0.15, 0.2) is 54.6 Å². The first kappa shape index (κ1) is 18.5. The average molecular weight is 340 g/mol. The molecule has 1 atom stereocenters. The highest BCUT2D eigenvalue weighted by Crippen LogP contribution is 2.17. The topological polar surface area (TPSA) is 67.4 Å². The maximum Gasteiger partial charge on any atom is 0.340 e. The van der Waals surface area contributed by atoms with Crippen molar-refractivity contribution in [3.8, 4) is 0 Å². The number of para-hydroxylation sites is 1. The molecule has 25 heavy (non-hydrogen) atoms. The summed E-state index contributed by atoms with van der Waals surface area (Å²) < 4.78 is 5.23. The maximum absolute atomic E-state index is 12.3. The molecular weight excluding hydrogens is 316 g/mol. The van der Waals surface area contributed by atoms with Crippen LogP contribution in [0.4, 0.5) is 10.5 Å². The third-order valence-corrected chi connectivity index (χ3v) is 3.77. The van der Waals surface area contributed by atoms with Gasteiger partial charge in [-0.25, -0.2) is 9.59 Å². The number of ether oxygens (including phenoxy) is 1. The van der Waals surface area contributed by atoms with E-state index in [4.69, 9.17) is 4.74 Å². The smallest absolute Gasteiger partial charge is 0.340 e. The Bertz CT molecular complexity index is 701. The predicted molar refractivity (Wildman–Crippen MR) is 98.6 cm³/mol. The first-order valence-electron chi connectivity index (χ1n) is 8.50. The lowest BCUT2D eigenvalue weighted by Gasteiger charge is -2.16. The van der Waals surface area contributed by atoms with Crippen LogP contribution in [0, 0.1) is 0 Å². The number of urea groups is 1. The van der Waals surface area contributed by atoms with E-state index in [1.54, 1.807) is 24.3 Å². The Morgan fingerprint density at radius 2 is 1.72 bits per heavy atom. The number of unbranched alkanes of at least 4 members (excludes halogenated alkanes) is 1. The molecular formula is C20H24N2O3. The lowest BCUT2D eigenvalue weighted by molar-refractivity contribution is 0.0501. The van der Waals surface area contributed by atoms with Gasteiger partial charge in [-0.15, -0.1) is 0 Å². The Balaban J connectivity index is 1.99. The summed E-state index contributed by atoms with van der Waals surface area (Å²) >= 11 is 0. The number of esters is 1. The van der Waals surface area contributed by atoms with E-state index in [0.29, 0.717) is 17.9 Å². The molecule has 132 valence electrons. The van der Waals surface area contributed by atoms with E-state index < -0.39 is 5.97 Å². The number of carbonyl (C=O) groups is 2. The standard InChI is InChI=1S/C20H24N2O3/c1-3-4-14-25-19(23)17-12-8-9-13-18(17)22-20(24)21-15(2)16-10-6-5-7-11-16/h5-13,15H,3-4,14H2,1-2H3,(H2,21,22,24). The van der Waals surface area contributed by atoms with Crippen molar-refractivity contribution in [2.24, 2.45) is 0 Å². The lowest BCUT2D eigenvalue weighted by atomic mass is 10.1. The molecule has 2 aromatic rings. The fourth-order valence-electron chi connectivity index (χ4n) is 2.34. The summed E-state index contributed by atoms with van der Waals surface area (Å²) in [6.45, 7) is 4.31. The lowest BCUT2D eigenvalue weighted by Crippen LogP contribution is -2.31. The summed E-state index contributed by atoms with van der Waals surface area (Å²) in [6, 6.07) is 16.0. The molecule has 0 saturated carbocycles. The highest BCUT2D eigenvalue weighted by Gasteiger charge is 2.15.